The highest BCUT2D eigenvalue weighted by molar-refractivity contribution is 7.13. The smallest absolute Gasteiger partial charge is 0.220 e. The summed E-state index contributed by atoms with van der Waals surface area (Å²) in [6, 6.07) is 6.75. The average molecular weight is 319 g/mol. The molecule has 0 radical (unpaired) electrons. The Labute approximate surface area is 133 Å². The van der Waals surface area contributed by atoms with E-state index < -0.39 is 0 Å². The second kappa shape index (κ2) is 6.87. The van der Waals surface area contributed by atoms with Crippen LogP contribution in [0.1, 0.15) is 18.4 Å². The normalized spacial score (nSPS) is 17.7. The number of aryl methyl sites for hydroxylation is 1. The van der Waals surface area contributed by atoms with E-state index in [1.54, 1.807) is 35.7 Å². The molecule has 1 amide bonds. The molecular weight excluding hydrogens is 301 g/mol. The molecule has 3 rings (SSSR count). The first-order valence-electron chi connectivity index (χ1n) is 7.39. The number of hydrogen-bond acceptors (Lipinski definition) is 4. The molecule has 0 aliphatic carbocycles. The molecule has 4 nitrogen and oxygen atoms in total. The number of anilines is 1. The van der Waals surface area contributed by atoms with Crippen LogP contribution in [0.4, 0.5) is 9.52 Å². The molecule has 2 heterocycles. The Kier molecular flexibility index (Phi) is 4.68. The van der Waals surface area contributed by atoms with E-state index in [0.29, 0.717) is 18.4 Å². The predicted molar refractivity (Wildman–Crippen MR) is 85.6 cm³/mol. The van der Waals surface area contributed by atoms with Crippen LogP contribution in [-0.4, -0.2) is 30.0 Å². The van der Waals surface area contributed by atoms with Crippen LogP contribution in [0.5, 0.6) is 0 Å². The van der Waals surface area contributed by atoms with Crippen molar-refractivity contribution in [3.8, 4) is 0 Å². The van der Waals surface area contributed by atoms with E-state index in [2.05, 4.69) is 15.2 Å². The lowest BCUT2D eigenvalue weighted by molar-refractivity contribution is -0.121. The highest BCUT2D eigenvalue weighted by atomic mass is 32.1. The third kappa shape index (κ3) is 3.62. The molecule has 0 saturated carbocycles. The number of halogens is 1. The Hall–Kier alpha value is -1.95. The van der Waals surface area contributed by atoms with Crippen molar-refractivity contribution in [2.24, 2.45) is 0 Å². The third-order valence-corrected chi connectivity index (χ3v) is 4.65. The number of thiazole rings is 1. The summed E-state index contributed by atoms with van der Waals surface area (Å²) in [5, 5.41) is 5.99. The Morgan fingerprint density at radius 1 is 1.45 bits per heavy atom. The molecule has 1 N–H and O–H groups in total. The molecule has 1 aliphatic heterocycles. The third-order valence-electron chi connectivity index (χ3n) is 3.82. The van der Waals surface area contributed by atoms with Gasteiger partial charge in [0.2, 0.25) is 5.91 Å². The lowest BCUT2D eigenvalue weighted by Crippen LogP contribution is -2.37. The fourth-order valence-electron chi connectivity index (χ4n) is 2.67. The molecule has 1 aliphatic rings. The van der Waals surface area contributed by atoms with Crippen molar-refractivity contribution >= 4 is 22.4 Å². The van der Waals surface area contributed by atoms with Gasteiger partial charge in [0, 0.05) is 37.1 Å². The van der Waals surface area contributed by atoms with Gasteiger partial charge in [-0.25, -0.2) is 9.37 Å². The topological polar surface area (TPSA) is 45.2 Å². The second-order valence-corrected chi connectivity index (χ2v) is 6.28. The molecule has 1 atom stereocenters. The largest absolute Gasteiger partial charge is 0.352 e. The van der Waals surface area contributed by atoms with Crippen molar-refractivity contribution in [2.75, 3.05) is 18.0 Å². The number of aromatic nitrogens is 1. The van der Waals surface area contributed by atoms with Crippen LogP contribution in [0.2, 0.25) is 0 Å². The summed E-state index contributed by atoms with van der Waals surface area (Å²) >= 11 is 1.61. The monoisotopic (exact) mass is 319 g/mol. The standard InChI is InChI=1S/C16H18FN3OS/c17-14-4-2-1-3-12(14)5-6-15(21)19-13-7-9-20(11-13)16-18-8-10-22-16/h1-4,8,10,13H,5-7,9,11H2,(H,19,21)/t13-/m0/s1. The summed E-state index contributed by atoms with van der Waals surface area (Å²) in [6.45, 7) is 1.70. The number of carbonyl (C=O) groups excluding carboxylic acids is 1. The molecule has 22 heavy (non-hydrogen) atoms. The van der Waals surface area contributed by atoms with E-state index in [1.807, 2.05) is 5.38 Å². The fraction of sp³-hybridized carbons (Fsp3) is 0.375. The number of rotatable bonds is 5. The van der Waals surface area contributed by atoms with Gasteiger partial charge in [0.05, 0.1) is 0 Å². The minimum Gasteiger partial charge on any atom is -0.352 e. The van der Waals surface area contributed by atoms with Crippen LogP contribution in [0.25, 0.3) is 0 Å². The van der Waals surface area contributed by atoms with E-state index in [9.17, 15) is 9.18 Å². The number of amides is 1. The van der Waals surface area contributed by atoms with Crippen molar-refractivity contribution < 1.29 is 9.18 Å². The van der Waals surface area contributed by atoms with E-state index in [1.165, 1.54) is 6.07 Å². The number of benzene rings is 1. The van der Waals surface area contributed by atoms with E-state index >= 15 is 0 Å². The highest BCUT2D eigenvalue weighted by Crippen LogP contribution is 2.22. The first-order valence-corrected chi connectivity index (χ1v) is 8.27. The Bertz CT molecular complexity index is 632. The molecular formula is C16H18FN3OS. The van der Waals surface area contributed by atoms with Gasteiger partial charge in [0.15, 0.2) is 5.13 Å². The minimum absolute atomic E-state index is 0.0192. The molecule has 6 heteroatoms. The second-order valence-electron chi connectivity index (χ2n) is 5.41. The number of hydrogen-bond donors (Lipinski definition) is 1. The van der Waals surface area contributed by atoms with Gasteiger partial charge in [-0.1, -0.05) is 18.2 Å². The lowest BCUT2D eigenvalue weighted by Gasteiger charge is -2.15. The van der Waals surface area contributed by atoms with Crippen molar-refractivity contribution in [1.82, 2.24) is 10.3 Å². The molecule has 2 aromatic rings. The molecule has 0 spiro atoms. The van der Waals surface area contributed by atoms with Crippen LogP contribution < -0.4 is 10.2 Å². The summed E-state index contributed by atoms with van der Waals surface area (Å²) in [6.07, 6.45) is 3.46. The Balaban J connectivity index is 1.46. The average Bonchev–Trinajstić information content (AvgIpc) is 3.17. The van der Waals surface area contributed by atoms with Crippen LogP contribution in [-0.2, 0) is 11.2 Å². The summed E-state index contributed by atoms with van der Waals surface area (Å²) in [5.74, 6) is -0.264. The highest BCUT2D eigenvalue weighted by Gasteiger charge is 2.25. The van der Waals surface area contributed by atoms with E-state index in [-0.39, 0.29) is 17.8 Å². The molecule has 1 aromatic heterocycles. The van der Waals surface area contributed by atoms with Crippen molar-refractivity contribution in [2.45, 2.75) is 25.3 Å². The van der Waals surface area contributed by atoms with Crippen molar-refractivity contribution in [3.63, 3.8) is 0 Å². The van der Waals surface area contributed by atoms with Crippen LogP contribution in [0.15, 0.2) is 35.8 Å². The van der Waals surface area contributed by atoms with Gasteiger partial charge >= 0.3 is 0 Å². The summed E-state index contributed by atoms with van der Waals surface area (Å²) in [5.41, 5.74) is 0.591. The van der Waals surface area contributed by atoms with Gasteiger partial charge in [0.25, 0.3) is 0 Å². The summed E-state index contributed by atoms with van der Waals surface area (Å²) < 4.78 is 13.5. The molecule has 1 saturated heterocycles. The maximum atomic E-state index is 13.5. The van der Waals surface area contributed by atoms with Gasteiger partial charge in [-0.15, -0.1) is 11.3 Å². The van der Waals surface area contributed by atoms with Crippen LogP contribution >= 0.6 is 11.3 Å². The Morgan fingerprint density at radius 3 is 3.09 bits per heavy atom. The molecule has 0 unspecified atom stereocenters. The van der Waals surface area contributed by atoms with E-state index in [4.69, 9.17) is 0 Å². The zero-order chi connectivity index (χ0) is 15.4. The van der Waals surface area contributed by atoms with Crippen LogP contribution in [0.3, 0.4) is 0 Å². The number of nitrogens with zero attached hydrogens (tertiary/aromatic N) is 2. The van der Waals surface area contributed by atoms with Crippen molar-refractivity contribution in [3.05, 3.63) is 47.2 Å². The van der Waals surface area contributed by atoms with Gasteiger partial charge in [0.1, 0.15) is 5.82 Å². The summed E-state index contributed by atoms with van der Waals surface area (Å²) in [7, 11) is 0. The van der Waals surface area contributed by atoms with Gasteiger partial charge in [-0.2, -0.15) is 0 Å². The quantitative estimate of drug-likeness (QED) is 0.921. The molecule has 1 fully saturated rings. The Morgan fingerprint density at radius 2 is 2.32 bits per heavy atom. The van der Waals surface area contributed by atoms with E-state index in [0.717, 1.165) is 24.6 Å². The molecule has 1 aromatic carbocycles. The SMILES string of the molecule is O=C(CCc1ccccc1F)N[C@H]1CCN(c2nccs2)C1. The number of nitrogens with one attached hydrogen (secondary N) is 1. The summed E-state index contributed by atoms with van der Waals surface area (Å²) in [4.78, 5) is 18.5. The van der Waals surface area contributed by atoms with Crippen molar-refractivity contribution in [1.29, 1.82) is 0 Å². The fourth-order valence-corrected chi connectivity index (χ4v) is 3.35. The maximum absolute atomic E-state index is 13.5. The zero-order valence-corrected chi connectivity index (χ0v) is 13.0. The predicted octanol–water partition coefficient (Wildman–Crippen LogP) is 2.61. The van der Waals surface area contributed by atoms with Crippen LogP contribution in [0, 0.1) is 5.82 Å². The first kappa shape index (κ1) is 15.0. The van der Waals surface area contributed by atoms with Gasteiger partial charge < -0.3 is 10.2 Å². The number of carbonyl (C=O) groups is 1. The zero-order valence-electron chi connectivity index (χ0n) is 12.2. The van der Waals surface area contributed by atoms with Gasteiger partial charge in [-0.05, 0) is 24.5 Å². The first-order chi connectivity index (χ1) is 10.7. The minimum atomic E-state index is -0.244. The van der Waals surface area contributed by atoms with Gasteiger partial charge in [-0.3, -0.25) is 4.79 Å². The lowest BCUT2D eigenvalue weighted by atomic mass is 10.1. The molecule has 116 valence electrons. The molecule has 0 bridgehead atoms. The maximum Gasteiger partial charge on any atom is 0.220 e.